The topological polar surface area (TPSA) is 744 Å². The molecule has 0 aromatic heterocycles. The number of nitrogens with two attached hydrogens (primary N) is 3. The van der Waals surface area contributed by atoms with Gasteiger partial charge < -0.3 is 116 Å². The van der Waals surface area contributed by atoms with Crippen LogP contribution in [0.5, 0.6) is 0 Å². The molecule has 1 rings (SSSR count). The summed E-state index contributed by atoms with van der Waals surface area (Å²) >= 11 is 0. The molecular formula is C45H104N9O32P7. The van der Waals surface area contributed by atoms with Gasteiger partial charge >= 0.3 is 59.1 Å². The highest BCUT2D eigenvalue weighted by Gasteiger charge is 2.31. The van der Waals surface area contributed by atoms with Crippen molar-refractivity contribution in [2.24, 2.45) is 40.9 Å². The number of nitrogens with one attached hydrogen (secondary N) is 4. The first kappa shape index (κ1) is 101. The number of aliphatic hydroxyl groups excluding tert-OH is 3. The Morgan fingerprint density at radius 1 is 0.667 bits per heavy atom. The number of carbonyl (C=O) groups excluding carboxylic acids is 5. The number of amides is 2. The molecule has 556 valence electrons. The van der Waals surface area contributed by atoms with Crippen LogP contribution in [0.15, 0.2) is 0 Å². The fraction of sp³-hybridized carbons (Fsp3) is 0.844. The lowest BCUT2D eigenvalue weighted by Gasteiger charge is -2.23. The van der Waals surface area contributed by atoms with Crippen molar-refractivity contribution in [3.63, 3.8) is 0 Å². The number of carbonyl (C=O) groups is 5. The Morgan fingerprint density at radius 3 is 1.38 bits per heavy atom. The summed E-state index contributed by atoms with van der Waals surface area (Å²) in [7, 11) is -27.8. The number of esters is 1. The number of hydrogen-bond acceptors (Lipinski definition) is 23. The predicted molar refractivity (Wildman–Crippen MR) is 337 cm³/mol. The van der Waals surface area contributed by atoms with Gasteiger partial charge in [0.2, 0.25) is 17.8 Å². The van der Waals surface area contributed by atoms with Gasteiger partial charge in [-0.05, 0) is 63.7 Å². The molecule has 1 fully saturated rings. The van der Waals surface area contributed by atoms with Crippen LogP contribution in [0.3, 0.4) is 0 Å². The third-order valence-electron chi connectivity index (χ3n) is 11.2. The van der Waals surface area contributed by atoms with Crippen molar-refractivity contribution in [1.29, 1.82) is 10.8 Å². The third-order valence-corrected chi connectivity index (χ3v) is 17.7. The Bertz CT molecular complexity index is 2560. The summed E-state index contributed by atoms with van der Waals surface area (Å²) < 4.78 is 81.6. The number of hydrogen-bond donors (Lipinski definition) is 25. The fourth-order valence-corrected chi connectivity index (χ4v) is 10.6. The zero-order valence-electron chi connectivity index (χ0n) is 53.5. The van der Waals surface area contributed by atoms with Crippen molar-refractivity contribution in [2.75, 3.05) is 69.6 Å². The highest BCUT2D eigenvalue weighted by atomic mass is 31.2. The highest BCUT2D eigenvalue weighted by Crippen LogP contribution is 2.49. The maximum absolute atomic E-state index is 12.2. The standard InChI is InChI=1S/C14H29N4O6P.C10H20NO7P.C9H20N3O5P.C4H11O4P.C4H9O3P.C3H9O4P.CH6NO3P/c1-9(2)10(3)13(20)17-11(5-4-7-18(21)14(15)16)12(19)6-8-25(22,23)24;1-6(2)9(11-7(3)12)10(14)18-4-8(13)5-19(15,16)17;1-7(10)12(14)5-2-3-8(11)9(13)4-6-18(15,16)17;1-2-4(5)3-9(6,7)8;1-4-2-7-8(5,6)3-4;1-3(4)2-8(5,6)7;2-1-6(3,4)5/h9-11,21H,4-8H2,1-3H3,(H3,15,16)(H,17,20)(H2,22,23,24);6,8-9,13H,4-5H2,1-3H3,(H,11,12)(H2,15,16,17);8,10,14H,2-6,11H2,1H3,(H2,15,16,17);4-5H,2-3H2,1H3,(H2,6,7,8);4H,2-3H2,1H3,(H,5,6);3-4H,2H2,1H3,(H2,5,6,7);1-2H2,(H2,3,4,5)/t10-,11?;8-,9+;;2*4-;;/m01.11../s1. The van der Waals surface area contributed by atoms with E-state index in [0.717, 1.165) is 5.06 Å². The first-order valence-corrected chi connectivity index (χ1v) is 40.4. The van der Waals surface area contributed by atoms with Crippen LogP contribution >= 0.6 is 53.2 Å². The molecule has 0 spiro atoms. The molecule has 0 aromatic rings. The summed E-state index contributed by atoms with van der Waals surface area (Å²) in [6, 6.07) is -2.57. The van der Waals surface area contributed by atoms with Gasteiger partial charge in [-0.2, -0.15) is 0 Å². The number of amidine groups is 1. The number of hydroxylamine groups is 4. The summed E-state index contributed by atoms with van der Waals surface area (Å²) in [6.45, 7) is 16.5. The minimum Gasteiger partial charge on any atom is -0.461 e. The Kier molecular flexibility index (Phi) is 54.1. The summed E-state index contributed by atoms with van der Waals surface area (Å²) in [5.41, 5.74) is 15.2. The molecule has 48 heteroatoms. The molecule has 0 aromatic carbocycles. The zero-order chi connectivity index (χ0) is 75.0. The van der Waals surface area contributed by atoms with Crippen LogP contribution in [0.1, 0.15) is 114 Å². The molecule has 1 aliphatic rings. The molecule has 0 radical (unpaired) electrons. The smallest absolute Gasteiger partial charge is 0.338 e. The van der Waals surface area contributed by atoms with E-state index in [1.807, 2.05) is 20.8 Å². The predicted octanol–water partition coefficient (Wildman–Crippen LogP) is -1.19. The minimum absolute atomic E-state index is 0.00334. The SMILES string of the molecule is CC(=N)N(O)CCCC(N)C(=O)CCP(=O)(O)O.CC(=O)N[C@H](C(=O)OC[C@@H](O)CP(=O)(O)O)C(C)C.CC(C)[C@H](C)C(=O)NC(CCCN(O)C(=N)N)C(=O)CCP(=O)(O)O.CC(O)CP(=O)(O)O.CC[C@@H](O)CP(=O)(O)O.C[C@@H]1COP(=O)(O)C1.NCP(=O)(O)O. The molecule has 1 saturated heterocycles. The summed E-state index contributed by atoms with van der Waals surface area (Å²) in [4.78, 5) is 168. The molecule has 2 amide bonds. The highest BCUT2D eigenvalue weighted by molar-refractivity contribution is 7.53. The van der Waals surface area contributed by atoms with Gasteiger partial charge in [0.1, 0.15) is 24.3 Å². The maximum atomic E-state index is 12.2. The average Bonchev–Trinajstić information content (AvgIpc) is 2.15. The van der Waals surface area contributed by atoms with E-state index in [4.69, 9.17) is 106 Å². The van der Waals surface area contributed by atoms with E-state index in [-0.39, 0.29) is 74.2 Å². The second-order valence-electron chi connectivity index (χ2n) is 21.6. The van der Waals surface area contributed by atoms with Gasteiger partial charge in [-0.3, -0.25) is 72.4 Å². The maximum Gasteiger partial charge on any atom is 0.338 e. The fourth-order valence-electron chi connectivity index (χ4n) is 5.95. The van der Waals surface area contributed by atoms with Gasteiger partial charge in [-0.15, -0.1) is 0 Å². The molecule has 4 unspecified atom stereocenters. The van der Waals surface area contributed by atoms with Gasteiger partial charge in [0.05, 0.1) is 80.3 Å². The van der Waals surface area contributed by atoms with E-state index in [0.29, 0.717) is 37.1 Å². The van der Waals surface area contributed by atoms with Crippen molar-refractivity contribution >= 4 is 94.3 Å². The lowest BCUT2D eigenvalue weighted by molar-refractivity contribution is -0.151. The van der Waals surface area contributed by atoms with Crippen LogP contribution in [0, 0.1) is 34.5 Å². The van der Waals surface area contributed by atoms with Crippen LogP contribution in [0.2, 0.25) is 0 Å². The molecule has 0 saturated carbocycles. The number of guanidine groups is 1. The minimum atomic E-state index is -4.36. The Morgan fingerprint density at radius 2 is 1.09 bits per heavy atom. The molecule has 9 atom stereocenters. The van der Waals surface area contributed by atoms with Crippen molar-refractivity contribution in [3.05, 3.63) is 0 Å². The normalized spacial score (nSPS) is 17.1. The molecule has 28 N–H and O–H groups in total. The number of nitrogens with zero attached hydrogens (tertiary/aromatic N) is 2. The lowest BCUT2D eigenvalue weighted by Crippen LogP contribution is -2.45. The van der Waals surface area contributed by atoms with Crippen molar-refractivity contribution < 1.29 is 155 Å². The van der Waals surface area contributed by atoms with Gasteiger partial charge in [-0.1, -0.05) is 48.5 Å². The largest absolute Gasteiger partial charge is 0.461 e. The van der Waals surface area contributed by atoms with Crippen molar-refractivity contribution in [1.82, 2.24) is 20.8 Å². The molecule has 1 aliphatic heterocycles. The monoisotopic (exact) mass is 1500 g/mol. The first-order valence-electron chi connectivity index (χ1n) is 27.9. The van der Waals surface area contributed by atoms with Crippen LogP contribution in [-0.4, -0.2) is 247 Å². The molecule has 1 heterocycles. The van der Waals surface area contributed by atoms with Gasteiger partial charge in [0, 0.05) is 38.8 Å². The van der Waals surface area contributed by atoms with E-state index in [1.165, 1.54) is 20.8 Å². The van der Waals surface area contributed by atoms with Crippen LogP contribution in [0.25, 0.3) is 0 Å². The Hall–Kier alpha value is -2.74. The summed E-state index contributed by atoms with van der Waals surface area (Å²) in [6.07, 6.45) is -5.34. The second-order valence-corrected chi connectivity index (χ2v) is 33.9. The van der Waals surface area contributed by atoms with Crippen LogP contribution in [-0.2, 0) is 65.2 Å². The molecule has 0 bridgehead atoms. The van der Waals surface area contributed by atoms with Crippen LogP contribution in [0.4, 0.5) is 0 Å². The second kappa shape index (κ2) is 49.7. The number of ketones is 2. The summed E-state index contributed by atoms with van der Waals surface area (Å²) in [5.74, 6) is -3.13. The summed E-state index contributed by atoms with van der Waals surface area (Å²) in [5, 5.41) is 65.3. The van der Waals surface area contributed by atoms with E-state index in [9.17, 15) is 66.2 Å². The first-order chi connectivity index (χ1) is 41.5. The van der Waals surface area contributed by atoms with E-state index in [2.05, 4.69) is 20.9 Å². The van der Waals surface area contributed by atoms with E-state index >= 15 is 0 Å². The Labute approximate surface area is 539 Å². The van der Waals surface area contributed by atoms with Gasteiger partial charge in [-0.25, -0.2) is 14.9 Å². The zero-order valence-corrected chi connectivity index (χ0v) is 59.8. The molecular weight excluding hydrogens is 1400 g/mol. The Balaban J connectivity index is -0.000000251. The number of aliphatic hydroxyl groups is 3. The van der Waals surface area contributed by atoms with Crippen molar-refractivity contribution in [3.8, 4) is 0 Å². The lowest BCUT2D eigenvalue weighted by atomic mass is 9.96. The van der Waals surface area contributed by atoms with E-state index in [1.54, 1.807) is 27.7 Å². The number of ether oxygens (including phenoxy) is 1. The average molecular weight is 1500 g/mol. The molecule has 41 nitrogen and oxygen atoms in total. The quantitative estimate of drug-likeness (QED) is 0.0124. The number of Topliss-reactive ketones (excluding diaryl/α,β-unsaturated/α-hetero) is 2. The van der Waals surface area contributed by atoms with Crippen molar-refractivity contribution in [2.45, 2.75) is 151 Å². The van der Waals surface area contributed by atoms with E-state index < -0.39 is 163 Å². The molecule has 93 heavy (non-hydrogen) atoms. The molecule has 0 aliphatic carbocycles. The van der Waals surface area contributed by atoms with Gasteiger partial charge in [0.15, 0.2) is 5.78 Å². The van der Waals surface area contributed by atoms with Crippen LogP contribution < -0.4 is 27.8 Å². The third kappa shape index (κ3) is 71.8. The van der Waals surface area contributed by atoms with Gasteiger partial charge in [0.25, 0.3) is 0 Å². The number of rotatable bonds is 32.